The molecule has 4 atom stereocenters. The standard InChI is InChI=1S/C17H21BrN2O4/c1-17(24)8-11(21)13(15(22)19-2)12(14(17)16(23)20-3)9-4-6-10(18)7-5-9/h4-7,12-14,24H,8H2,1-3H3,(H,19,22)(H,20,23)/t12-,13+,14+,17-/m0/s1. The predicted octanol–water partition coefficient (Wildman–Crippen LogP) is 0.981. The quantitative estimate of drug-likeness (QED) is 0.663. The molecular formula is C17H21BrN2O4. The highest BCUT2D eigenvalue weighted by Gasteiger charge is 2.55. The van der Waals surface area contributed by atoms with Gasteiger partial charge >= 0.3 is 0 Å². The normalized spacial score (nSPS) is 29.9. The van der Waals surface area contributed by atoms with Crippen molar-refractivity contribution in [1.29, 1.82) is 0 Å². The monoisotopic (exact) mass is 396 g/mol. The Kier molecular flexibility index (Phi) is 5.45. The van der Waals surface area contributed by atoms with Crippen LogP contribution in [0.5, 0.6) is 0 Å². The van der Waals surface area contributed by atoms with E-state index in [-0.39, 0.29) is 12.2 Å². The van der Waals surface area contributed by atoms with E-state index in [1.807, 2.05) is 0 Å². The molecule has 0 unspecified atom stereocenters. The van der Waals surface area contributed by atoms with Crippen molar-refractivity contribution >= 4 is 33.5 Å². The Labute approximate surface area is 149 Å². The summed E-state index contributed by atoms with van der Waals surface area (Å²) in [4.78, 5) is 37.4. The third-order valence-electron chi connectivity index (χ3n) is 4.58. The van der Waals surface area contributed by atoms with Crippen LogP contribution in [0.15, 0.2) is 28.7 Å². The first-order valence-electron chi connectivity index (χ1n) is 7.66. The highest BCUT2D eigenvalue weighted by Crippen LogP contribution is 2.46. The van der Waals surface area contributed by atoms with Gasteiger partial charge in [0.15, 0.2) is 0 Å². The molecule has 6 nitrogen and oxygen atoms in total. The summed E-state index contributed by atoms with van der Waals surface area (Å²) in [5.74, 6) is -3.88. The summed E-state index contributed by atoms with van der Waals surface area (Å²) in [6, 6.07) is 7.08. The van der Waals surface area contributed by atoms with Gasteiger partial charge in [0, 0.05) is 30.9 Å². The number of carbonyl (C=O) groups excluding carboxylic acids is 3. The molecule has 1 aromatic rings. The number of hydrogen-bond acceptors (Lipinski definition) is 4. The maximum atomic E-state index is 12.6. The Morgan fingerprint density at radius 2 is 1.71 bits per heavy atom. The third-order valence-corrected chi connectivity index (χ3v) is 5.11. The molecule has 1 aromatic carbocycles. The first kappa shape index (κ1) is 18.6. The predicted molar refractivity (Wildman–Crippen MR) is 92.2 cm³/mol. The van der Waals surface area contributed by atoms with Gasteiger partial charge in [-0.15, -0.1) is 0 Å². The Bertz CT molecular complexity index is 657. The van der Waals surface area contributed by atoms with E-state index in [0.717, 1.165) is 4.47 Å². The molecule has 1 aliphatic rings. The second kappa shape index (κ2) is 7.03. The van der Waals surface area contributed by atoms with Crippen LogP contribution in [0, 0.1) is 11.8 Å². The molecule has 24 heavy (non-hydrogen) atoms. The minimum atomic E-state index is -1.53. The highest BCUT2D eigenvalue weighted by molar-refractivity contribution is 9.10. The van der Waals surface area contributed by atoms with Crippen LogP contribution in [0.2, 0.25) is 0 Å². The van der Waals surface area contributed by atoms with Crippen LogP contribution in [0.3, 0.4) is 0 Å². The average Bonchev–Trinajstić information content (AvgIpc) is 2.53. The van der Waals surface area contributed by atoms with Gasteiger partial charge in [0.05, 0.1) is 11.5 Å². The van der Waals surface area contributed by atoms with Crippen LogP contribution in [0.4, 0.5) is 0 Å². The number of amides is 2. The van der Waals surface area contributed by atoms with Crippen molar-refractivity contribution in [1.82, 2.24) is 10.6 Å². The van der Waals surface area contributed by atoms with Crippen molar-refractivity contribution in [3.05, 3.63) is 34.3 Å². The zero-order valence-electron chi connectivity index (χ0n) is 13.8. The third kappa shape index (κ3) is 3.37. The number of hydrogen-bond donors (Lipinski definition) is 3. The Hall–Kier alpha value is -1.73. The van der Waals surface area contributed by atoms with Crippen molar-refractivity contribution in [3.8, 4) is 0 Å². The fourth-order valence-electron chi connectivity index (χ4n) is 3.49. The molecule has 1 aliphatic carbocycles. The Morgan fingerprint density at radius 3 is 2.21 bits per heavy atom. The number of carbonyl (C=O) groups is 3. The van der Waals surface area contributed by atoms with Crippen molar-refractivity contribution < 1.29 is 19.5 Å². The van der Waals surface area contributed by atoms with E-state index in [4.69, 9.17) is 0 Å². The summed E-state index contributed by atoms with van der Waals surface area (Å²) in [7, 11) is 2.93. The summed E-state index contributed by atoms with van der Waals surface area (Å²) < 4.78 is 0.841. The Balaban J connectivity index is 2.63. The number of ketones is 1. The van der Waals surface area contributed by atoms with Gasteiger partial charge in [0.1, 0.15) is 11.7 Å². The van der Waals surface area contributed by atoms with Crippen LogP contribution >= 0.6 is 15.9 Å². The molecule has 0 saturated heterocycles. The van der Waals surface area contributed by atoms with Crippen molar-refractivity contribution in [2.45, 2.75) is 24.9 Å². The summed E-state index contributed by atoms with van der Waals surface area (Å²) in [6.07, 6.45) is -0.240. The van der Waals surface area contributed by atoms with Crippen LogP contribution in [0.1, 0.15) is 24.8 Å². The largest absolute Gasteiger partial charge is 0.389 e. The lowest BCUT2D eigenvalue weighted by Crippen LogP contribution is -2.57. The number of halogens is 1. The first-order valence-corrected chi connectivity index (χ1v) is 8.46. The zero-order chi connectivity index (χ0) is 18.1. The van der Waals surface area contributed by atoms with Crippen LogP contribution < -0.4 is 10.6 Å². The maximum Gasteiger partial charge on any atom is 0.230 e. The van der Waals surface area contributed by atoms with E-state index in [0.29, 0.717) is 5.56 Å². The molecule has 2 rings (SSSR count). The molecule has 0 aliphatic heterocycles. The molecule has 0 aromatic heterocycles. The molecule has 7 heteroatoms. The van der Waals surface area contributed by atoms with Gasteiger partial charge in [-0.25, -0.2) is 0 Å². The lowest BCUT2D eigenvalue weighted by molar-refractivity contribution is -0.153. The van der Waals surface area contributed by atoms with Crippen LogP contribution in [-0.4, -0.2) is 42.4 Å². The van der Waals surface area contributed by atoms with E-state index >= 15 is 0 Å². The van der Waals surface area contributed by atoms with E-state index in [9.17, 15) is 19.5 Å². The molecule has 3 N–H and O–H groups in total. The maximum absolute atomic E-state index is 12.6. The molecular weight excluding hydrogens is 376 g/mol. The summed E-state index contributed by atoms with van der Waals surface area (Å²) in [5.41, 5.74) is -0.867. The summed E-state index contributed by atoms with van der Waals surface area (Å²) >= 11 is 3.34. The second-order valence-electron chi connectivity index (χ2n) is 6.26. The number of Topliss-reactive ketones (excluding diaryl/α,β-unsaturated/α-hetero) is 1. The molecule has 2 amide bonds. The van der Waals surface area contributed by atoms with Crippen molar-refractivity contribution in [2.24, 2.45) is 11.8 Å². The van der Waals surface area contributed by atoms with E-state index < -0.39 is 35.2 Å². The first-order chi connectivity index (χ1) is 11.2. The van der Waals surface area contributed by atoms with Crippen molar-refractivity contribution in [2.75, 3.05) is 14.1 Å². The van der Waals surface area contributed by atoms with Crippen molar-refractivity contribution in [3.63, 3.8) is 0 Å². The lowest BCUT2D eigenvalue weighted by atomic mass is 9.61. The lowest BCUT2D eigenvalue weighted by Gasteiger charge is -2.44. The summed E-state index contributed by atoms with van der Waals surface area (Å²) in [6.45, 7) is 1.47. The molecule has 0 radical (unpaired) electrons. The smallest absolute Gasteiger partial charge is 0.230 e. The number of nitrogens with one attached hydrogen (secondary N) is 2. The molecule has 1 saturated carbocycles. The molecule has 0 heterocycles. The van der Waals surface area contributed by atoms with Gasteiger partial charge in [0.25, 0.3) is 0 Å². The molecule has 130 valence electrons. The van der Waals surface area contributed by atoms with Gasteiger partial charge in [0.2, 0.25) is 11.8 Å². The zero-order valence-corrected chi connectivity index (χ0v) is 15.4. The molecule has 1 fully saturated rings. The second-order valence-corrected chi connectivity index (χ2v) is 7.18. The topological polar surface area (TPSA) is 95.5 Å². The Morgan fingerprint density at radius 1 is 1.17 bits per heavy atom. The molecule has 0 bridgehead atoms. The fraction of sp³-hybridized carbons (Fsp3) is 0.471. The van der Waals surface area contributed by atoms with Gasteiger partial charge in [-0.2, -0.15) is 0 Å². The van der Waals surface area contributed by atoms with Gasteiger partial charge in [-0.3, -0.25) is 14.4 Å². The number of rotatable bonds is 3. The van der Waals surface area contributed by atoms with Gasteiger partial charge in [-0.1, -0.05) is 28.1 Å². The minimum absolute atomic E-state index is 0.240. The van der Waals surface area contributed by atoms with E-state index in [2.05, 4.69) is 26.6 Å². The summed E-state index contributed by atoms with van der Waals surface area (Å²) in [5, 5.41) is 15.8. The average molecular weight is 397 g/mol. The van der Waals surface area contributed by atoms with E-state index in [1.165, 1.54) is 21.0 Å². The van der Waals surface area contributed by atoms with Crippen LogP contribution in [-0.2, 0) is 14.4 Å². The minimum Gasteiger partial charge on any atom is -0.389 e. The number of benzene rings is 1. The SMILES string of the molecule is CNC(=O)[C@@H]1C(=O)C[C@](C)(O)[C@@H](C(=O)NC)[C@H]1c1ccc(Br)cc1. The molecule has 0 spiro atoms. The van der Waals surface area contributed by atoms with Gasteiger partial charge < -0.3 is 15.7 Å². The van der Waals surface area contributed by atoms with Gasteiger partial charge in [-0.05, 0) is 24.6 Å². The fourth-order valence-corrected chi connectivity index (χ4v) is 3.75. The van der Waals surface area contributed by atoms with Crippen LogP contribution in [0.25, 0.3) is 0 Å². The highest BCUT2D eigenvalue weighted by atomic mass is 79.9. The van der Waals surface area contributed by atoms with E-state index in [1.54, 1.807) is 24.3 Å². The number of aliphatic hydroxyl groups is 1.